The Kier molecular flexibility index (Phi) is 4.65. The molecule has 132 valence electrons. The molecule has 0 amide bonds. The fraction of sp³-hybridized carbons (Fsp3) is 0.167. The average Bonchev–Trinajstić information content (AvgIpc) is 2.97. The van der Waals surface area contributed by atoms with Crippen LogP contribution in [0, 0.1) is 11.3 Å². The third kappa shape index (κ3) is 2.78. The summed E-state index contributed by atoms with van der Waals surface area (Å²) in [5, 5.41) is 10.2. The Morgan fingerprint density at radius 1 is 1.31 bits per heavy atom. The minimum Gasteiger partial charge on any atom is -0.494 e. The van der Waals surface area contributed by atoms with Gasteiger partial charge >= 0.3 is 5.97 Å². The Labute approximate surface area is 153 Å². The molecule has 2 aromatic heterocycles. The van der Waals surface area contributed by atoms with E-state index in [9.17, 15) is 10.1 Å². The predicted molar refractivity (Wildman–Crippen MR) is 99.9 cm³/mol. The van der Waals surface area contributed by atoms with E-state index in [2.05, 4.69) is 11.1 Å². The summed E-state index contributed by atoms with van der Waals surface area (Å²) in [6.45, 7) is 2.46. The van der Waals surface area contributed by atoms with Crippen molar-refractivity contribution in [1.29, 1.82) is 5.26 Å². The van der Waals surface area contributed by atoms with E-state index in [-0.39, 0.29) is 21.9 Å². The number of anilines is 2. The van der Waals surface area contributed by atoms with E-state index in [1.165, 1.54) is 7.11 Å². The third-order valence-corrected chi connectivity index (χ3v) is 5.00. The highest BCUT2D eigenvalue weighted by molar-refractivity contribution is 7.20. The summed E-state index contributed by atoms with van der Waals surface area (Å²) in [6.07, 6.45) is 0. The smallest absolute Gasteiger partial charge is 0.350 e. The number of fused-ring (bicyclic) bond motifs is 1. The van der Waals surface area contributed by atoms with Gasteiger partial charge in [0.1, 0.15) is 22.3 Å². The molecule has 0 atom stereocenters. The lowest BCUT2D eigenvalue weighted by atomic mass is 9.97. The number of thiophene rings is 1. The number of aromatic amines is 1. The van der Waals surface area contributed by atoms with Crippen LogP contribution < -0.4 is 21.2 Å². The van der Waals surface area contributed by atoms with Crippen LogP contribution in [0.3, 0.4) is 0 Å². The second-order valence-corrected chi connectivity index (χ2v) is 6.42. The number of ether oxygens (including phenoxy) is 2. The standard InChI is InChI=1S/C18H16N4O3S/c1-3-25-10-6-4-9(5-7-10)12-11(8-19)16(21)22-17-13(12)14(20)15(26-17)18(23)24-2/h4-7H,3,20H2,1-2H3,(H2,21,22)/p+1. The first kappa shape index (κ1) is 17.5. The lowest BCUT2D eigenvalue weighted by Crippen LogP contribution is -2.13. The zero-order valence-corrected chi connectivity index (χ0v) is 15.1. The quantitative estimate of drug-likeness (QED) is 0.681. The fourth-order valence-corrected chi connectivity index (χ4v) is 3.82. The molecule has 0 bridgehead atoms. The van der Waals surface area contributed by atoms with Gasteiger partial charge in [0.15, 0.2) is 4.83 Å². The molecule has 0 radical (unpaired) electrons. The molecular weight excluding hydrogens is 352 g/mol. The maximum atomic E-state index is 12.0. The summed E-state index contributed by atoms with van der Waals surface area (Å²) in [7, 11) is 1.29. The summed E-state index contributed by atoms with van der Waals surface area (Å²) in [6, 6.07) is 9.39. The van der Waals surface area contributed by atoms with Gasteiger partial charge in [-0.25, -0.2) is 9.78 Å². The number of H-pyrrole nitrogens is 1. The van der Waals surface area contributed by atoms with E-state index in [1.54, 1.807) is 0 Å². The van der Waals surface area contributed by atoms with Crippen LogP contribution >= 0.6 is 11.3 Å². The van der Waals surface area contributed by atoms with E-state index in [1.807, 2.05) is 31.2 Å². The first-order valence-corrected chi connectivity index (χ1v) is 8.61. The second kappa shape index (κ2) is 6.90. The Morgan fingerprint density at radius 2 is 2.00 bits per heavy atom. The van der Waals surface area contributed by atoms with Crippen molar-refractivity contribution in [3.63, 3.8) is 0 Å². The van der Waals surface area contributed by atoms with E-state index < -0.39 is 5.97 Å². The number of methoxy groups -OCH3 is 1. The van der Waals surface area contributed by atoms with Gasteiger partial charge in [0.05, 0.1) is 24.8 Å². The zero-order valence-electron chi connectivity index (χ0n) is 14.3. The molecule has 5 N–H and O–H groups in total. The van der Waals surface area contributed by atoms with Gasteiger partial charge in [0.2, 0.25) is 0 Å². The van der Waals surface area contributed by atoms with Crippen molar-refractivity contribution >= 4 is 39.0 Å². The fourth-order valence-electron chi connectivity index (χ4n) is 2.76. The van der Waals surface area contributed by atoms with Crippen LogP contribution in [0.15, 0.2) is 24.3 Å². The highest BCUT2D eigenvalue weighted by Gasteiger charge is 2.26. The number of hydrogen-bond acceptors (Lipinski definition) is 7. The van der Waals surface area contributed by atoms with Crippen LogP contribution in [0.25, 0.3) is 21.3 Å². The number of carbonyl (C=O) groups excluding carboxylic acids is 1. The van der Waals surface area contributed by atoms with Crippen LogP contribution in [-0.4, -0.2) is 19.7 Å². The van der Waals surface area contributed by atoms with Gasteiger partial charge in [-0.1, -0.05) is 23.5 Å². The van der Waals surface area contributed by atoms with Gasteiger partial charge in [0, 0.05) is 5.56 Å². The summed E-state index contributed by atoms with van der Waals surface area (Å²) < 4.78 is 10.2. The van der Waals surface area contributed by atoms with Crippen molar-refractivity contribution in [2.45, 2.75) is 6.92 Å². The Bertz CT molecular complexity index is 1040. The SMILES string of the molecule is CCOc1ccc(-c2c(C#N)c(N)[nH+]c3sc(C(=O)OC)c(N)c23)cc1. The summed E-state index contributed by atoms with van der Waals surface area (Å²) in [4.78, 5) is 15.8. The van der Waals surface area contributed by atoms with Gasteiger partial charge in [0.25, 0.3) is 5.82 Å². The molecule has 7 nitrogen and oxygen atoms in total. The number of nitriles is 1. The monoisotopic (exact) mass is 369 g/mol. The van der Waals surface area contributed by atoms with Crippen molar-refractivity contribution in [3.8, 4) is 22.9 Å². The number of aromatic nitrogens is 1. The van der Waals surface area contributed by atoms with Crippen molar-refractivity contribution in [2.24, 2.45) is 0 Å². The number of nitrogens with zero attached hydrogens (tertiary/aromatic N) is 1. The number of benzene rings is 1. The second-order valence-electron chi connectivity index (χ2n) is 5.40. The summed E-state index contributed by atoms with van der Waals surface area (Å²) in [5.74, 6) is 0.392. The molecule has 0 aliphatic rings. The summed E-state index contributed by atoms with van der Waals surface area (Å²) >= 11 is 1.14. The van der Waals surface area contributed by atoms with Gasteiger partial charge in [-0.15, -0.1) is 0 Å². The van der Waals surface area contributed by atoms with Gasteiger partial charge in [-0.3, -0.25) is 5.73 Å². The molecule has 1 aromatic carbocycles. The Balaban J connectivity index is 2.33. The van der Waals surface area contributed by atoms with Crippen LogP contribution in [0.4, 0.5) is 11.5 Å². The number of hydrogen-bond donors (Lipinski definition) is 2. The van der Waals surface area contributed by atoms with Crippen LogP contribution in [0.1, 0.15) is 22.2 Å². The number of rotatable bonds is 4. The maximum Gasteiger partial charge on any atom is 0.350 e. The van der Waals surface area contributed by atoms with Gasteiger partial charge in [-0.05, 0) is 24.6 Å². The molecule has 0 unspecified atom stereocenters. The predicted octanol–water partition coefficient (Wildman–Crippen LogP) is 2.60. The molecule has 0 saturated carbocycles. The molecule has 8 heteroatoms. The third-order valence-electron chi connectivity index (χ3n) is 3.90. The lowest BCUT2D eigenvalue weighted by Gasteiger charge is -2.09. The largest absolute Gasteiger partial charge is 0.494 e. The Morgan fingerprint density at radius 3 is 2.58 bits per heavy atom. The molecule has 0 aliphatic carbocycles. The molecule has 2 heterocycles. The minimum atomic E-state index is -0.535. The highest BCUT2D eigenvalue weighted by atomic mass is 32.1. The van der Waals surface area contributed by atoms with Crippen molar-refractivity contribution in [2.75, 3.05) is 25.2 Å². The van der Waals surface area contributed by atoms with Crippen molar-refractivity contribution in [1.82, 2.24) is 0 Å². The number of nitrogen functional groups attached to an aromatic ring is 2. The molecule has 26 heavy (non-hydrogen) atoms. The number of nitrogens with one attached hydrogen (secondary N) is 1. The van der Waals surface area contributed by atoms with Crippen LogP contribution in [0.2, 0.25) is 0 Å². The maximum absolute atomic E-state index is 12.0. The van der Waals surface area contributed by atoms with Crippen LogP contribution in [0.5, 0.6) is 5.75 Å². The van der Waals surface area contributed by atoms with Crippen LogP contribution in [-0.2, 0) is 4.74 Å². The molecule has 3 aromatic rings. The molecule has 3 rings (SSSR count). The molecule has 0 spiro atoms. The lowest BCUT2D eigenvalue weighted by molar-refractivity contribution is -0.323. The molecular formula is C18H17N4O3S+. The molecule has 0 saturated heterocycles. The molecule has 0 fully saturated rings. The van der Waals surface area contributed by atoms with E-state index in [4.69, 9.17) is 20.9 Å². The first-order chi connectivity index (χ1) is 12.5. The molecule has 0 aliphatic heterocycles. The normalized spacial score (nSPS) is 10.5. The topological polar surface area (TPSA) is 126 Å². The number of pyridine rings is 1. The van der Waals surface area contributed by atoms with Gasteiger partial charge in [-0.2, -0.15) is 5.26 Å². The summed E-state index contributed by atoms with van der Waals surface area (Å²) in [5.41, 5.74) is 14.1. The van der Waals surface area contributed by atoms with E-state index in [0.717, 1.165) is 22.6 Å². The highest BCUT2D eigenvalue weighted by Crippen LogP contribution is 2.41. The first-order valence-electron chi connectivity index (χ1n) is 7.80. The van der Waals surface area contributed by atoms with Gasteiger partial charge < -0.3 is 15.2 Å². The van der Waals surface area contributed by atoms with Crippen molar-refractivity contribution in [3.05, 3.63) is 34.7 Å². The van der Waals surface area contributed by atoms with Crippen molar-refractivity contribution < 1.29 is 19.3 Å². The zero-order chi connectivity index (χ0) is 18.8. The Hall–Kier alpha value is -3.31. The number of esters is 1. The van der Waals surface area contributed by atoms with E-state index >= 15 is 0 Å². The van der Waals surface area contributed by atoms with E-state index in [0.29, 0.717) is 22.4 Å². The average molecular weight is 369 g/mol. The minimum absolute atomic E-state index is 0.210. The number of carbonyl (C=O) groups is 1. The number of nitrogens with two attached hydrogens (primary N) is 2.